The summed E-state index contributed by atoms with van der Waals surface area (Å²) < 4.78 is 5.38. The molecule has 0 bridgehead atoms. The van der Waals surface area contributed by atoms with Crippen molar-refractivity contribution in [3.05, 3.63) is 10.0 Å². The van der Waals surface area contributed by atoms with Gasteiger partial charge in [0, 0.05) is 25.0 Å². The highest BCUT2D eigenvalue weighted by atomic mass is 32.1. The van der Waals surface area contributed by atoms with E-state index in [1.165, 1.54) is 29.3 Å². The third-order valence-electron chi connectivity index (χ3n) is 3.34. The van der Waals surface area contributed by atoms with Gasteiger partial charge in [-0.05, 0) is 32.2 Å². The van der Waals surface area contributed by atoms with E-state index < -0.39 is 0 Å². The van der Waals surface area contributed by atoms with E-state index in [1.54, 1.807) is 11.3 Å². The molecule has 1 N–H and O–H groups in total. The molecule has 5 heteroatoms. The maximum absolute atomic E-state index is 5.38. The molecule has 1 unspecified atom stereocenters. The van der Waals surface area contributed by atoms with Gasteiger partial charge in [0.15, 0.2) is 0 Å². The highest BCUT2D eigenvalue weighted by molar-refractivity contribution is 7.11. The molecule has 2 heterocycles. The van der Waals surface area contributed by atoms with E-state index in [4.69, 9.17) is 4.74 Å². The zero-order chi connectivity index (χ0) is 11.5. The molecule has 1 saturated carbocycles. The van der Waals surface area contributed by atoms with Gasteiger partial charge in [0.25, 0.3) is 0 Å². The SMILES string of the molecule is C(CNC1CC1)Cc1nnc(C2CCOC2)s1. The summed E-state index contributed by atoms with van der Waals surface area (Å²) in [6, 6.07) is 0.815. The molecule has 1 aliphatic heterocycles. The van der Waals surface area contributed by atoms with Crippen LogP contribution in [0.5, 0.6) is 0 Å². The first kappa shape index (κ1) is 11.6. The number of ether oxygens (including phenoxy) is 1. The van der Waals surface area contributed by atoms with Crippen molar-refractivity contribution in [2.75, 3.05) is 19.8 Å². The van der Waals surface area contributed by atoms with Crippen molar-refractivity contribution in [1.29, 1.82) is 0 Å². The standard InChI is InChI=1S/C12H19N3OS/c1(6-13-10-3-4-10)2-11-14-15-12(17-11)9-5-7-16-8-9/h9-10,13H,1-8H2. The lowest BCUT2D eigenvalue weighted by Gasteiger charge is -2.00. The van der Waals surface area contributed by atoms with Crippen LogP contribution in [0, 0.1) is 0 Å². The number of nitrogens with one attached hydrogen (secondary N) is 1. The number of hydrogen-bond acceptors (Lipinski definition) is 5. The number of aryl methyl sites for hydroxylation is 1. The van der Waals surface area contributed by atoms with Crippen molar-refractivity contribution >= 4 is 11.3 Å². The molecule has 2 fully saturated rings. The minimum Gasteiger partial charge on any atom is -0.381 e. The summed E-state index contributed by atoms with van der Waals surface area (Å²) in [7, 11) is 0. The zero-order valence-electron chi connectivity index (χ0n) is 10.0. The second kappa shape index (κ2) is 5.42. The number of rotatable bonds is 6. The summed E-state index contributed by atoms with van der Waals surface area (Å²) in [5.74, 6) is 0.505. The average Bonchev–Trinajstić information content (AvgIpc) is 2.84. The Morgan fingerprint density at radius 1 is 1.29 bits per heavy atom. The van der Waals surface area contributed by atoms with E-state index in [9.17, 15) is 0 Å². The first-order chi connectivity index (χ1) is 8.42. The lowest BCUT2D eigenvalue weighted by Crippen LogP contribution is -2.17. The molecule has 1 aliphatic carbocycles. The molecule has 0 aromatic carbocycles. The molecular weight excluding hydrogens is 234 g/mol. The van der Waals surface area contributed by atoms with E-state index in [0.717, 1.165) is 38.6 Å². The normalized spacial score (nSPS) is 24.4. The first-order valence-electron chi connectivity index (χ1n) is 6.55. The Balaban J connectivity index is 1.42. The van der Waals surface area contributed by atoms with Gasteiger partial charge in [0.1, 0.15) is 10.0 Å². The third-order valence-corrected chi connectivity index (χ3v) is 4.48. The molecule has 1 aromatic heterocycles. The predicted molar refractivity (Wildman–Crippen MR) is 67.4 cm³/mol. The van der Waals surface area contributed by atoms with Crippen LogP contribution in [0.25, 0.3) is 0 Å². The summed E-state index contributed by atoms with van der Waals surface area (Å²) in [5.41, 5.74) is 0. The fourth-order valence-corrected chi connectivity index (χ4v) is 3.10. The zero-order valence-corrected chi connectivity index (χ0v) is 10.8. The quantitative estimate of drug-likeness (QED) is 0.784. The van der Waals surface area contributed by atoms with E-state index in [2.05, 4.69) is 15.5 Å². The van der Waals surface area contributed by atoms with E-state index in [0.29, 0.717) is 5.92 Å². The van der Waals surface area contributed by atoms with Crippen LogP contribution in [0.15, 0.2) is 0 Å². The highest BCUT2D eigenvalue weighted by Crippen LogP contribution is 2.27. The molecular formula is C12H19N3OS. The van der Waals surface area contributed by atoms with Crippen LogP contribution in [0.3, 0.4) is 0 Å². The molecule has 94 valence electrons. The Kier molecular flexibility index (Phi) is 3.68. The summed E-state index contributed by atoms with van der Waals surface area (Å²) in [5, 5.41) is 14.5. The van der Waals surface area contributed by atoms with Gasteiger partial charge in [-0.2, -0.15) is 0 Å². The molecule has 1 aromatic rings. The van der Waals surface area contributed by atoms with Gasteiger partial charge in [-0.3, -0.25) is 0 Å². The van der Waals surface area contributed by atoms with Crippen LogP contribution in [0.1, 0.15) is 41.6 Å². The van der Waals surface area contributed by atoms with Crippen LogP contribution in [-0.4, -0.2) is 36.0 Å². The third kappa shape index (κ3) is 3.24. The number of hydrogen-bond donors (Lipinski definition) is 1. The Morgan fingerprint density at radius 2 is 2.24 bits per heavy atom. The van der Waals surface area contributed by atoms with Crippen molar-refractivity contribution < 1.29 is 4.74 Å². The predicted octanol–water partition coefficient (Wildman–Crippen LogP) is 1.73. The summed E-state index contributed by atoms with van der Waals surface area (Å²) >= 11 is 1.77. The largest absolute Gasteiger partial charge is 0.381 e. The van der Waals surface area contributed by atoms with Crippen molar-refractivity contribution in [2.45, 2.75) is 44.1 Å². The Labute approximate surface area is 106 Å². The molecule has 0 amide bonds. The summed E-state index contributed by atoms with van der Waals surface area (Å²) in [6.07, 6.45) is 6.07. The van der Waals surface area contributed by atoms with Gasteiger partial charge in [-0.25, -0.2) is 0 Å². The lowest BCUT2D eigenvalue weighted by molar-refractivity contribution is 0.194. The molecule has 0 radical (unpaired) electrons. The summed E-state index contributed by atoms with van der Waals surface area (Å²) in [4.78, 5) is 0. The van der Waals surface area contributed by atoms with Crippen molar-refractivity contribution in [1.82, 2.24) is 15.5 Å². The van der Waals surface area contributed by atoms with Gasteiger partial charge in [-0.1, -0.05) is 0 Å². The van der Waals surface area contributed by atoms with Gasteiger partial charge in [0.2, 0.25) is 0 Å². The van der Waals surface area contributed by atoms with Crippen LogP contribution < -0.4 is 5.32 Å². The van der Waals surface area contributed by atoms with Crippen LogP contribution >= 0.6 is 11.3 Å². The van der Waals surface area contributed by atoms with E-state index in [1.807, 2.05) is 0 Å². The van der Waals surface area contributed by atoms with Crippen molar-refractivity contribution in [3.63, 3.8) is 0 Å². The molecule has 17 heavy (non-hydrogen) atoms. The molecule has 4 nitrogen and oxygen atoms in total. The van der Waals surface area contributed by atoms with Crippen LogP contribution in [-0.2, 0) is 11.2 Å². The summed E-state index contributed by atoms with van der Waals surface area (Å²) in [6.45, 7) is 2.83. The van der Waals surface area contributed by atoms with E-state index >= 15 is 0 Å². The molecule has 1 saturated heterocycles. The minimum absolute atomic E-state index is 0.505. The first-order valence-corrected chi connectivity index (χ1v) is 7.37. The molecule has 0 spiro atoms. The van der Waals surface area contributed by atoms with Crippen LogP contribution in [0.2, 0.25) is 0 Å². The van der Waals surface area contributed by atoms with Gasteiger partial charge >= 0.3 is 0 Å². The van der Waals surface area contributed by atoms with Gasteiger partial charge in [-0.15, -0.1) is 21.5 Å². The topological polar surface area (TPSA) is 47.0 Å². The second-order valence-electron chi connectivity index (χ2n) is 4.93. The van der Waals surface area contributed by atoms with Gasteiger partial charge in [0.05, 0.1) is 6.61 Å². The number of nitrogens with zero attached hydrogens (tertiary/aromatic N) is 2. The smallest absolute Gasteiger partial charge is 0.122 e. The van der Waals surface area contributed by atoms with Gasteiger partial charge < -0.3 is 10.1 Å². The highest BCUT2D eigenvalue weighted by Gasteiger charge is 2.22. The maximum atomic E-state index is 5.38. The maximum Gasteiger partial charge on any atom is 0.122 e. The number of aromatic nitrogens is 2. The minimum atomic E-state index is 0.505. The Hall–Kier alpha value is -0.520. The van der Waals surface area contributed by atoms with Crippen LogP contribution in [0.4, 0.5) is 0 Å². The lowest BCUT2D eigenvalue weighted by atomic mass is 10.1. The monoisotopic (exact) mass is 253 g/mol. The van der Waals surface area contributed by atoms with Crippen molar-refractivity contribution in [2.24, 2.45) is 0 Å². The van der Waals surface area contributed by atoms with Crippen molar-refractivity contribution in [3.8, 4) is 0 Å². The second-order valence-corrected chi connectivity index (χ2v) is 6.02. The fraction of sp³-hybridized carbons (Fsp3) is 0.833. The van der Waals surface area contributed by atoms with E-state index in [-0.39, 0.29) is 0 Å². The Bertz CT molecular complexity index is 358. The molecule has 2 aliphatic rings. The fourth-order valence-electron chi connectivity index (χ4n) is 2.10. The molecule has 1 atom stereocenters. The molecule has 3 rings (SSSR count). The Morgan fingerprint density at radius 3 is 3.00 bits per heavy atom. The average molecular weight is 253 g/mol.